The van der Waals surface area contributed by atoms with E-state index in [1.54, 1.807) is 11.3 Å². The maximum Gasteiger partial charge on any atom is 0.251 e. The number of nitrogens with one attached hydrogen (secondary N) is 1. The van der Waals surface area contributed by atoms with Crippen molar-refractivity contribution in [1.29, 1.82) is 0 Å². The molecule has 1 amide bonds. The second kappa shape index (κ2) is 7.82. The summed E-state index contributed by atoms with van der Waals surface area (Å²) >= 11 is 3.08. The monoisotopic (exact) mass is 372 g/mol. The largest absolute Gasteiger partial charge is 0.383 e. The Balaban J connectivity index is 1.62. The van der Waals surface area contributed by atoms with Crippen molar-refractivity contribution in [2.45, 2.75) is 12.6 Å². The molecule has 0 fully saturated rings. The number of carbonyl (C=O) groups excluding carboxylic acids is 1. The van der Waals surface area contributed by atoms with Crippen LogP contribution in [0.25, 0.3) is 0 Å². The SMILES string of the molecule is CN(C)c1cccc(C(=O)NCc2ccc(C(O)c3ccsc3)s2)c1. The number of thiophene rings is 2. The smallest absolute Gasteiger partial charge is 0.251 e. The van der Waals surface area contributed by atoms with Crippen molar-refractivity contribution in [3.05, 3.63) is 74.1 Å². The summed E-state index contributed by atoms with van der Waals surface area (Å²) in [7, 11) is 3.89. The number of aliphatic hydroxyl groups excluding tert-OH is 1. The molecular weight excluding hydrogens is 352 g/mol. The third-order valence-electron chi connectivity index (χ3n) is 3.86. The van der Waals surface area contributed by atoms with E-state index < -0.39 is 6.10 Å². The van der Waals surface area contributed by atoms with Crippen LogP contribution >= 0.6 is 22.7 Å². The molecule has 0 radical (unpaired) electrons. The Morgan fingerprint density at radius 1 is 1.24 bits per heavy atom. The van der Waals surface area contributed by atoms with E-state index >= 15 is 0 Å². The van der Waals surface area contributed by atoms with Crippen LogP contribution in [0.2, 0.25) is 0 Å². The summed E-state index contributed by atoms with van der Waals surface area (Å²) in [5.74, 6) is -0.1000. The summed E-state index contributed by atoms with van der Waals surface area (Å²) in [5.41, 5.74) is 2.54. The van der Waals surface area contributed by atoms with E-state index in [2.05, 4.69) is 5.32 Å². The summed E-state index contributed by atoms with van der Waals surface area (Å²) in [6, 6.07) is 13.3. The van der Waals surface area contributed by atoms with Crippen LogP contribution < -0.4 is 10.2 Å². The van der Waals surface area contributed by atoms with Crippen molar-refractivity contribution >= 4 is 34.3 Å². The molecule has 130 valence electrons. The number of carbonyl (C=O) groups is 1. The van der Waals surface area contributed by atoms with Gasteiger partial charge in [0.2, 0.25) is 0 Å². The molecule has 6 heteroatoms. The highest BCUT2D eigenvalue weighted by atomic mass is 32.1. The Morgan fingerprint density at radius 3 is 2.80 bits per heavy atom. The van der Waals surface area contributed by atoms with E-state index in [1.165, 1.54) is 11.3 Å². The number of nitrogens with zero attached hydrogens (tertiary/aromatic N) is 1. The topological polar surface area (TPSA) is 52.6 Å². The third kappa shape index (κ3) is 4.28. The molecule has 0 spiro atoms. The average Bonchev–Trinajstić information content (AvgIpc) is 3.31. The second-order valence-electron chi connectivity index (χ2n) is 5.89. The molecule has 1 unspecified atom stereocenters. The Morgan fingerprint density at radius 2 is 2.08 bits per heavy atom. The zero-order chi connectivity index (χ0) is 17.8. The molecule has 2 N–H and O–H groups in total. The van der Waals surface area contributed by atoms with Crippen molar-refractivity contribution in [2.75, 3.05) is 19.0 Å². The van der Waals surface area contributed by atoms with E-state index in [0.717, 1.165) is 21.0 Å². The van der Waals surface area contributed by atoms with Gasteiger partial charge in [-0.15, -0.1) is 11.3 Å². The minimum atomic E-state index is -0.600. The van der Waals surface area contributed by atoms with Crippen LogP contribution in [0.5, 0.6) is 0 Å². The standard InChI is InChI=1S/C19H20N2O2S2/c1-21(2)15-5-3-4-13(10-15)19(23)20-11-16-6-7-17(25-16)18(22)14-8-9-24-12-14/h3-10,12,18,22H,11H2,1-2H3,(H,20,23). The highest BCUT2D eigenvalue weighted by molar-refractivity contribution is 7.12. The van der Waals surface area contributed by atoms with E-state index in [-0.39, 0.29) is 5.91 Å². The van der Waals surface area contributed by atoms with Gasteiger partial charge in [0.25, 0.3) is 5.91 Å². The predicted molar refractivity (Wildman–Crippen MR) is 105 cm³/mol. The molecule has 0 aliphatic heterocycles. The van der Waals surface area contributed by atoms with Crippen LogP contribution in [0.4, 0.5) is 5.69 Å². The lowest BCUT2D eigenvalue weighted by atomic mass is 10.1. The van der Waals surface area contributed by atoms with Crippen molar-refractivity contribution < 1.29 is 9.90 Å². The highest BCUT2D eigenvalue weighted by Gasteiger charge is 2.14. The van der Waals surface area contributed by atoms with Gasteiger partial charge in [0.15, 0.2) is 0 Å². The van der Waals surface area contributed by atoms with Crippen LogP contribution in [0.15, 0.2) is 53.2 Å². The summed E-state index contributed by atoms with van der Waals surface area (Å²) in [4.78, 5) is 16.2. The molecule has 2 aromatic heterocycles. The molecule has 3 rings (SSSR count). The first kappa shape index (κ1) is 17.7. The van der Waals surface area contributed by atoms with E-state index in [1.807, 2.05) is 72.2 Å². The van der Waals surface area contributed by atoms with Crippen molar-refractivity contribution in [2.24, 2.45) is 0 Å². The van der Waals surface area contributed by atoms with Crippen molar-refractivity contribution in [3.8, 4) is 0 Å². The van der Waals surface area contributed by atoms with Gasteiger partial charge >= 0.3 is 0 Å². The minimum absolute atomic E-state index is 0.1000. The van der Waals surface area contributed by atoms with Crippen LogP contribution in [0, 0.1) is 0 Å². The van der Waals surface area contributed by atoms with Gasteiger partial charge in [-0.3, -0.25) is 4.79 Å². The molecule has 0 saturated heterocycles. The zero-order valence-electron chi connectivity index (χ0n) is 14.1. The van der Waals surface area contributed by atoms with Crippen LogP contribution in [0.3, 0.4) is 0 Å². The average molecular weight is 373 g/mol. The lowest BCUT2D eigenvalue weighted by Crippen LogP contribution is -2.22. The van der Waals surface area contributed by atoms with Crippen LogP contribution in [0.1, 0.15) is 31.8 Å². The van der Waals surface area contributed by atoms with E-state index in [0.29, 0.717) is 12.1 Å². The fourth-order valence-corrected chi connectivity index (χ4v) is 4.07. The van der Waals surface area contributed by atoms with Crippen LogP contribution in [-0.2, 0) is 6.54 Å². The first-order chi connectivity index (χ1) is 12.0. The molecule has 1 atom stereocenters. The Labute approximate surface area is 155 Å². The van der Waals surface area contributed by atoms with Gasteiger partial charge in [-0.05, 0) is 52.7 Å². The summed E-state index contributed by atoms with van der Waals surface area (Å²) in [6.45, 7) is 0.450. The lowest BCUT2D eigenvalue weighted by Gasteiger charge is -2.13. The number of hydrogen-bond acceptors (Lipinski definition) is 5. The number of amides is 1. The maximum absolute atomic E-state index is 12.3. The molecule has 0 saturated carbocycles. The zero-order valence-corrected chi connectivity index (χ0v) is 15.7. The number of rotatable bonds is 6. The van der Waals surface area contributed by atoms with Crippen molar-refractivity contribution in [3.63, 3.8) is 0 Å². The summed E-state index contributed by atoms with van der Waals surface area (Å²) in [5, 5.41) is 17.2. The van der Waals surface area contributed by atoms with Crippen LogP contribution in [-0.4, -0.2) is 25.1 Å². The molecule has 4 nitrogen and oxygen atoms in total. The molecule has 0 bridgehead atoms. The van der Waals surface area contributed by atoms with Gasteiger partial charge in [0.05, 0.1) is 6.54 Å². The molecule has 2 heterocycles. The second-order valence-corrected chi connectivity index (χ2v) is 7.87. The lowest BCUT2D eigenvalue weighted by molar-refractivity contribution is 0.0951. The first-order valence-corrected chi connectivity index (χ1v) is 9.65. The fraction of sp³-hybridized carbons (Fsp3) is 0.211. The summed E-state index contributed by atoms with van der Waals surface area (Å²) < 4.78 is 0. The van der Waals surface area contributed by atoms with Gasteiger partial charge in [0.1, 0.15) is 6.10 Å². The minimum Gasteiger partial charge on any atom is -0.383 e. The Bertz CT molecular complexity index is 841. The van der Waals surface area contributed by atoms with Gasteiger partial charge < -0.3 is 15.3 Å². The molecule has 3 aromatic rings. The number of aliphatic hydroxyl groups is 1. The normalized spacial score (nSPS) is 12.0. The Kier molecular flexibility index (Phi) is 5.53. The van der Waals surface area contributed by atoms with Crippen molar-refractivity contribution in [1.82, 2.24) is 5.32 Å². The fourth-order valence-electron chi connectivity index (χ4n) is 2.43. The van der Waals surface area contributed by atoms with E-state index in [4.69, 9.17) is 0 Å². The number of anilines is 1. The maximum atomic E-state index is 12.3. The van der Waals surface area contributed by atoms with Gasteiger partial charge in [-0.2, -0.15) is 11.3 Å². The summed E-state index contributed by atoms with van der Waals surface area (Å²) in [6.07, 6.45) is -0.600. The third-order valence-corrected chi connectivity index (χ3v) is 5.70. The number of hydrogen-bond donors (Lipinski definition) is 2. The Hall–Kier alpha value is -2.15. The quantitative estimate of drug-likeness (QED) is 0.690. The molecule has 1 aromatic carbocycles. The molecule has 25 heavy (non-hydrogen) atoms. The predicted octanol–water partition coefficient (Wildman–Crippen LogP) is 3.89. The molecule has 0 aliphatic carbocycles. The van der Waals surface area contributed by atoms with E-state index in [9.17, 15) is 9.90 Å². The number of benzene rings is 1. The van der Waals surface area contributed by atoms with Gasteiger partial charge in [-0.25, -0.2) is 0 Å². The van der Waals surface area contributed by atoms with Gasteiger partial charge in [-0.1, -0.05) is 6.07 Å². The molecule has 0 aliphatic rings. The first-order valence-electron chi connectivity index (χ1n) is 7.89. The highest BCUT2D eigenvalue weighted by Crippen LogP contribution is 2.29. The van der Waals surface area contributed by atoms with Gasteiger partial charge in [0, 0.05) is 35.1 Å². The molecular formula is C19H20N2O2S2.